The van der Waals surface area contributed by atoms with E-state index in [1.807, 2.05) is 11.6 Å². The van der Waals surface area contributed by atoms with Crippen molar-refractivity contribution in [1.29, 1.82) is 0 Å². The van der Waals surface area contributed by atoms with Gasteiger partial charge in [0.2, 0.25) is 0 Å². The minimum atomic E-state index is 0.419. The Morgan fingerprint density at radius 2 is 2.24 bits per heavy atom. The number of imidazole rings is 1. The molecule has 0 amide bonds. The molecule has 0 bridgehead atoms. The van der Waals surface area contributed by atoms with Crippen molar-refractivity contribution in [3.05, 3.63) is 12.7 Å². The monoisotopic (exact) mass is 236 g/mol. The van der Waals surface area contributed by atoms with Gasteiger partial charge in [0.25, 0.3) is 0 Å². The number of fused-ring (bicyclic) bond motifs is 1. The van der Waals surface area contributed by atoms with Gasteiger partial charge in [-0.2, -0.15) is 5.06 Å². The summed E-state index contributed by atoms with van der Waals surface area (Å²) in [5.74, 6) is 0.419. The molecule has 7 heteroatoms. The second kappa shape index (κ2) is 5.07. The zero-order valence-corrected chi connectivity index (χ0v) is 10.00. The molecule has 0 saturated heterocycles. The van der Waals surface area contributed by atoms with E-state index < -0.39 is 0 Å². The number of anilines is 1. The summed E-state index contributed by atoms with van der Waals surface area (Å²) >= 11 is 0. The van der Waals surface area contributed by atoms with E-state index in [-0.39, 0.29) is 0 Å². The molecule has 2 N–H and O–H groups in total. The molecule has 0 aliphatic carbocycles. The Hall–Kier alpha value is -1.73. The van der Waals surface area contributed by atoms with Crippen LogP contribution in [0.15, 0.2) is 12.7 Å². The largest absolute Gasteiger partial charge is 0.382 e. The number of rotatable bonds is 5. The molecule has 0 saturated carbocycles. The molecule has 0 radical (unpaired) electrons. The molecule has 0 aliphatic rings. The van der Waals surface area contributed by atoms with Crippen LogP contribution in [0.1, 0.15) is 6.42 Å². The second-order valence-electron chi connectivity index (χ2n) is 3.76. The number of nitrogen functional groups attached to an aromatic ring is 1. The number of nitrogens with zero attached hydrogens (tertiary/aromatic N) is 5. The van der Waals surface area contributed by atoms with Gasteiger partial charge in [-0.05, 0) is 6.42 Å². The van der Waals surface area contributed by atoms with Crippen molar-refractivity contribution in [3.8, 4) is 0 Å². The predicted octanol–water partition coefficient (Wildman–Crippen LogP) is 0.292. The van der Waals surface area contributed by atoms with Crippen molar-refractivity contribution in [2.24, 2.45) is 0 Å². The van der Waals surface area contributed by atoms with E-state index in [0.717, 1.165) is 25.2 Å². The van der Waals surface area contributed by atoms with Crippen molar-refractivity contribution in [3.63, 3.8) is 0 Å². The molecule has 7 nitrogen and oxygen atoms in total. The van der Waals surface area contributed by atoms with Gasteiger partial charge < -0.3 is 15.1 Å². The van der Waals surface area contributed by atoms with Crippen LogP contribution in [0.4, 0.5) is 5.82 Å². The van der Waals surface area contributed by atoms with Crippen molar-refractivity contribution in [2.45, 2.75) is 13.0 Å². The number of nitrogens with two attached hydrogens (primary N) is 1. The van der Waals surface area contributed by atoms with Crippen LogP contribution in [0, 0.1) is 0 Å². The summed E-state index contributed by atoms with van der Waals surface area (Å²) in [7, 11) is 3.55. The molecule has 2 aromatic rings. The molecule has 0 atom stereocenters. The average Bonchev–Trinajstić information content (AvgIpc) is 2.74. The molecular weight excluding hydrogens is 220 g/mol. The minimum absolute atomic E-state index is 0.419. The van der Waals surface area contributed by atoms with Crippen LogP contribution >= 0.6 is 0 Å². The summed E-state index contributed by atoms with van der Waals surface area (Å²) in [4.78, 5) is 17.3. The molecule has 17 heavy (non-hydrogen) atoms. The van der Waals surface area contributed by atoms with Crippen molar-refractivity contribution in [2.75, 3.05) is 26.4 Å². The van der Waals surface area contributed by atoms with Crippen LogP contribution in [0.2, 0.25) is 0 Å². The number of aryl methyl sites for hydroxylation is 1. The third-order valence-corrected chi connectivity index (χ3v) is 2.61. The minimum Gasteiger partial charge on any atom is -0.382 e. The number of hydrogen-bond donors (Lipinski definition) is 1. The Labute approximate surface area is 99.2 Å². The van der Waals surface area contributed by atoms with Gasteiger partial charge in [0.15, 0.2) is 11.5 Å². The molecule has 0 unspecified atom stereocenters. The van der Waals surface area contributed by atoms with Gasteiger partial charge in [0, 0.05) is 20.1 Å². The van der Waals surface area contributed by atoms with Crippen LogP contribution in [-0.4, -0.2) is 45.3 Å². The van der Waals surface area contributed by atoms with Crippen LogP contribution in [-0.2, 0) is 11.4 Å². The lowest BCUT2D eigenvalue weighted by atomic mass is 10.4. The smallest absolute Gasteiger partial charge is 0.165 e. The number of hydrogen-bond acceptors (Lipinski definition) is 6. The topological polar surface area (TPSA) is 82.1 Å². The molecule has 0 aromatic carbocycles. The van der Waals surface area contributed by atoms with E-state index in [4.69, 9.17) is 10.6 Å². The lowest BCUT2D eigenvalue weighted by Crippen LogP contribution is -2.19. The van der Waals surface area contributed by atoms with Crippen LogP contribution in [0.5, 0.6) is 0 Å². The van der Waals surface area contributed by atoms with Gasteiger partial charge in [0.05, 0.1) is 13.4 Å². The molecular formula is C10H16N6O. The van der Waals surface area contributed by atoms with Gasteiger partial charge in [-0.3, -0.25) is 0 Å². The lowest BCUT2D eigenvalue weighted by Gasteiger charge is -2.13. The highest BCUT2D eigenvalue weighted by molar-refractivity contribution is 5.80. The molecule has 92 valence electrons. The Kier molecular flexibility index (Phi) is 3.50. The highest BCUT2D eigenvalue weighted by Gasteiger charge is 2.07. The SMILES string of the molecule is CON(C)CCCn1cnc2c(N)ncnc21. The first-order valence-corrected chi connectivity index (χ1v) is 5.39. The first-order valence-electron chi connectivity index (χ1n) is 5.39. The summed E-state index contributed by atoms with van der Waals surface area (Å²) in [5.41, 5.74) is 7.15. The normalized spacial score (nSPS) is 11.5. The molecule has 2 rings (SSSR count). The average molecular weight is 236 g/mol. The van der Waals surface area contributed by atoms with E-state index in [2.05, 4.69) is 15.0 Å². The first kappa shape index (κ1) is 11.7. The fraction of sp³-hybridized carbons (Fsp3) is 0.500. The molecule has 2 heterocycles. The summed E-state index contributed by atoms with van der Waals surface area (Å²) in [6, 6.07) is 0. The maximum atomic E-state index is 5.71. The van der Waals surface area contributed by atoms with Crippen LogP contribution < -0.4 is 5.73 Å². The molecule has 0 fully saturated rings. The molecule has 2 aromatic heterocycles. The predicted molar refractivity (Wildman–Crippen MR) is 64.0 cm³/mol. The second-order valence-corrected chi connectivity index (χ2v) is 3.76. The maximum absolute atomic E-state index is 5.71. The Balaban J connectivity index is 2.07. The maximum Gasteiger partial charge on any atom is 0.165 e. The summed E-state index contributed by atoms with van der Waals surface area (Å²) in [6.45, 7) is 1.66. The van der Waals surface area contributed by atoms with E-state index in [9.17, 15) is 0 Å². The lowest BCUT2D eigenvalue weighted by molar-refractivity contribution is -0.109. The van der Waals surface area contributed by atoms with Gasteiger partial charge >= 0.3 is 0 Å². The summed E-state index contributed by atoms with van der Waals surface area (Å²) in [6.07, 6.45) is 4.14. The third-order valence-electron chi connectivity index (χ3n) is 2.61. The van der Waals surface area contributed by atoms with Gasteiger partial charge in [-0.1, -0.05) is 0 Å². The zero-order chi connectivity index (χ0) is 12.3. The number of hydroxylamine groups is 2. The molecule has 0 spiro atoms. The third kappa shape index (κ3) is 2.51. The standard InChI is InChI=1S/C10H16N6O/c1-15(17-2)4-3-5-16-7-14-8-9(11)12-6-13-10(8)16/h6-7H,3-5H2,1-2H3,(H2,11,12,13). The van der Waals surface area contributed by atoms with E-state index in [1.165, 1.54) is 6.33 Å². The van der Waals surface area contributed by atoms with Crippen LogP contribution in [0.25, 0.3) is 11.2 Å². The highest BCUT2D eigenvalue weighted by atomic mass is 16.7. The highest BCUT2D eigenvalue weighted by Crippen LogP contribution is 2.14. The van der Waals surface area contributed by atoms with E-state index in [1.54, 1.807) is 18.5 Å². The fourth-order valence-corrected chi connectivity index (χ4v) is 1.62. The van der Waals surface area contributed by atoms with Crippen molar-refractivity contribution < 1.29 is 4.84 Å². The van der Waals surface area contributed by atoms with Crippen LogP contribution in [0.3, 0.4) is 0 Å². The van der Waals surface area contributed by atoms with Gasteiger partial charge in [-0.15, -0.1) is 0 Å². The van der Waals surface area contributed by atoms with E-state index >= 15 is 0 Å². The van der Waals surface area contributed by atoms with Crippen molar-refractivity contribution in [1.82, 2.24) is 24.6 Å². The Morgan fingerprint density at radius 1 is 1.41 bits per heavy atom. The zero-order valence-electron chi connectivity index (χ0n) is 10.00. The summed E-state index contributed by atoms with van der Waals surface area (Å²) in [5, 5.41) is 1.78. The summed E-state index contributed by atoms with van der Waals surface area (Å²) < 4.78 is 1.97. The van der Waals surface area contributed by atoms with E-state index in [0.29, 0.717) is 11.3 Å². The quantitative estimate of drug-likeness (QED) is 0.751. The Bertz CT molecular complexity index is 497. The van der Waals surface area contributed by atoms with Crippen molar-refractivity contribution >= 4 is 17.0 Å². The first-order chi connectivity index (χ1) is 8.22. The molecule has 0 aliphatic heterocycles. The van der Waals surface area contributed by atoms with Gasteiger partial charge in [0.1, 0.15) is 11.8 Å². The Morgan fingerprint density at radius 3 is 3.00 bits per heavy atom. The number of aromatic nitrogens is 4. The van der Waals surface area contributed by atoms with Gasteiger partial charge in [-0.25, -0.2) is 15.0 Å². The fourth-order valence-electron chi connectivity index (χ4n) is 1.62.